The molecule has 1 aliphatic carbocycles. The first-order valence-electron chi connectivity index (χ1n) is 3.09. The predicted octanol–water partition coefficient (Wildman–Crippen LogP) is 0.626. The monoisotopic (exact) mass is 143 g/mol. The van der Waals surface area contributed by atoms with Gasteiger partial charge in [0.2, 0.25) is 5.60 Å². The van der Waals surface area contributed by atoms with Gasteiger partial charge in [-0.2, -0.15) is 0 Å². The third-order valence-corrected chi connectivity index (χ3v) is 1.79. The van der Waals surface area contributed by atoms with Gasteiger partial charge >= 0.3 is 5.97 Å². The molecule has 1 rings (SSSR count). The first-order valence-corrected chi connectivity index (χ1v) is 3.09. The molecule has 0 atom stereocenters. The number of rotatable bonds is 3. The Morgan fingerprint density at radius 3 is 2.40 bits per heavy atom. The van der Waals surface area contributed by atoms with Crippen LogP contribution in [0.1, 0.15) is 19.3 Å². The summed E-state index contributed by atoms with van der Waals surface area (Å²) >= 11 is 0. The fraction of sp³-hybridized carbons (Fsp3) is 0.667. The summed E-state index contributed by atoms with van der Waals surface area (Å²) in [4.78, 5) is 15.1. The van der Waals surface area contributed by atoms with Crippen LogP contribution in [0.25, 0.3) is 0 Å². The Bertz CT molecular complexity index is 162. The Balaban J connectivity index is 2.58. The Morgan fingerprint density at radius 1 is 1.70 bits per heavy atom. The maximum absolute atomic E-state index is 10.5. The van der Waals surface area contributed by atoms with E-state index in [1.165, 1.54) is 0 Å². The molecule has 0 bridgehead atoms. The second-order valence-corrected chi connectivity index (χ2v) is 2.37. The molecule has 0 aromatic rings. The largest absolute Gasteiger partial charge is 0.478 e. The van der Waals surface area contributed by atoms with Crippen LogP contribution in [0.5, 0.6) is 0 Å². The van der Waals surface area contributed by atoms with Gasteiger partial charge in [0.05, 0.1) is 0 Å². The average molecular weight is 143 g/mol. The van der Waals surface area contributed by atoms with Gasteiger partial charge in [-0.3, -0.25) is 0 Å². The summed E-state index contributed by atoms with van der Waals surface area (Å²) in [6, 6.07) is 0. The van der Waals surface area contributed by atoms with Crippen LogP contribution >= 0.6 is 0 Å². The minimum Gasteiger partial charge on any atom is -0.478 e. The Kier molecular flexibility index (Phi) is 1.61. The summed E-state index contributed by atoms with van der Waals surface area (Å²) in [5.41, 5.74) is -1.04. The second kappa shape index (κ2) is 2.28. The van der Waals surface area contributed by atoms with Crippen molar-refractivity contribution in [3.8, 4) is 0 Å². The van der Waals surface area contributed by atoms with E-state index < -0.39 is 11.6 Å². The molecule has 1 saturated carbocycles. The number of carboxylic acid groups (broad SMARTS) is 1. The van der Waals surface area contributed by atoms with Crippen LogP contribution in [0.4, 0.5) is 0 Å². The zero-order valence-corrected chi connectivity index (χ0v) is 5.54. The topological polar surface area (TPSA) is 58.9 Å². The van der Waals surface area contributed by atoms with Crippen molar-refractivity contribution in [1.82, 2.24) is 0 Å². The Labute approximate surface area is 58.5 Å². The van der Waals surface area contributed by atoms with Crippen LogP contribution in [-0.4, -0.2) is 23.4 Å². The highest BCUT2D eigenvalue weighted by molar-refractivity contribution is 5.78. The van der Waals surface area contributed by atoms with Crippen molar-refractivity contribution in [1.29, 1.82) is 0 Å². The second-order valence-electron chi connectivity index (χ2n) is 2.37. The van der Waals surface area contributed by atoms with E-state index >= 15 is 0 Å². The summed E-state index contributed by atoms with van der Waals surface area (Å²) in [5.74, 6) is -0.939. The minimum absolute atomic E-state index is 0.543. The van der Waals surface area contributed by atoms with Crippen LogP contribution in [0.15, 0.2) is 5.16 Å². The SMILES string of the molecule is C=NOC1(C(=O)O)CCC1. The van der Waals surface area contributed by atoms with Gasteiger partial charge in [-0.15, -0.1) is 5.16 Å². The lowest BCUT2D eigenvalue weighted by Gasteiger charge is -2.34. The first-order chi connectivity index (χ1) is 4.71. The van der Waals surface area contributed by atoms with Gasteiger partial charge in [0, 0.05) is 19.6 Å². The quantitative estimate of drug-likeness (QED) is 0.465. The van der Waals surface area contributed by atoms with Crippen LogP contribution in [-0.2, 0) is 9.63 Å². The van der Waals surface area contributed by atoms with Crippen LogP contribution < -0.4 is 0 Å². The lowest BCUT2D eigenvalue weighted by molar-refractivity contribution is -0.178. The summed E-state index contributed by atoms with van der Waals surface area (Å²) in [7, 11) is 0. The highest BCUT2D eigenvalue weighted by Gasteiger charge is 2.47. The molecular formula is C6H9NO3. The average Bonchev–Trinajstić information content (AvgIpc) is 1.77. The fourth-order valence-corrected chi connectivity index (χ4v) is 0.966. The van der Waals surface area contributed by atoms with E-state index in [0.717, 1.165) is 6.42 Å². The van der Waals surface area contributed by atoms with E-state index in [0.29, 0.717) is 12.8 Å². The van der Waals surface area contributed by atoms with Crippen LogP contribution in [0.2, 0.25) is 0 Å². The van der Waals surface area contributed by atoms with Crippen molar-refractivity contribution in [2.45, 2.75) is 24.9 Å². The molecule has 0 spiro atoms. The zero-order valence-electron chi connectivity index (χ0n) is 5.54. The molecule has 0 unspecified atom stereocenters. The molecule has 4 nitrogen and oxygen atoms in total. The standard InChI is InChI=1S/C6H9NO3/c1-7-10-6(5(8)9)3-2-4-6/h1-4H2,(H,8,9). The van der Waals surface area contributed by atoms with Crippen molar-refractivity contribution in [2.75, 3.05) is 0 Å². The third kappa shape index (κ3) is 0.853. The molecule has 56 valence electrons. The molecule has 0 saturated heterocycles. The molecule has 0 aliphatic heterocycles. The van der Waals surface area contributed by atoms with Crippen LogP contribution in [0.3, 0.4) is 0 Å². The highest BCUT2D eigenvalue weighted by Crippen LogP contribution is 2.35. The summed E-state index contributed by atoms with van der Waals surface area (Å²) < 4.78 is 0. The van der Waals surface area contributed by atoms with E-state index in [1.54, 1.807) is 0 Å². The predicted molar refractivity (Wildman–Crippen MR) is 34.9 cm³/mol. The zero-order chi connectivity index (χ0) is 7.61. The van der Waals surface area contributed by atoms with Crippen molar-refractivity contribution in [2.24, 2.45) is 5.16 Å². The Morgan fingerprint density at radius 2 is 2.30 bits per heavy atom. The normalized spacial score (nSPS) is 20.8. The highest BCUT2D eigenvalue weighted by atomic mass is 16.7. The van der Waals surface area contributed by atoms with Crippen molar-refractivity contribution < 1.29 is 14.7 Å². The molecule has 0 aromatic heterocycles. The van der Waals surface area contributed by atoms with E-state index in [2.05, 4.69) is 16.7 Å². The smallest absolute Gasteiger partial charge is 0.350 e. The molecule has 1 N–H and O–H groups in total. The first kappa shape index (κ1) is 7.05. The van der Waals surface area contributed by atoms with Gasteiger partial charge in [-0.1, -0.05) is 0 Å². The van der Waals surface area contributed by atoms with E-state index in [9.17, 15) is 4.79 Å². The van der Waals surface area contributed by atoms with Crippen LogP contribution in [0, 0.1) is 0 Å². The number of oxime groups is 1. The maximum Gasteiger partial charge on any atom is 0.350 e. The number of carbonyl (C=O) groups is 1. The molecule has 0 amide bonds. The van der Waals surface area contributed by atoms with Gasteiger partial charge in [0.25, 0.3) is 0 Å². The van der Waals surface area contributed by atoms with Gasteiger partial charge < -0.3 is 9.94 Å². The van der Waals surface area contributed by atoms with E-state index in [1.807, 2.05) is 0 Å². The van der Waals surface area contributed by atoms with Crippen molar-refractivity contribution in [3.05, 3.63) is 0 Å². The van der Waals surface area contributed by atoms with Gasteiger partial charge in [-0.05, 0) is 6.42 Å². The molecule has 0 aromatic carbocycles. The number of hydrogen-bond donors (Lipinski definition) is 1. The third-order valence-electron chi connectivity index (χ3n) is 1.79. The Hall–Kier alpha value is -1.06. The number of aliphatic carboxylic acids is 1. The van der Waals surface area contributed by atoms with Gasteiger partial charge in [-0.25, -0.2) is 4.79 Å². The summed E-state index contributed by atoms with van der Waals surface area (Å²) in [6.07, 6.45) is 1.98. The molecular weight excluding hydrogens is 134 g/mol. The lowest BCUT2D eigenvalue weighted by Crippen LogP contribution is -2.46. The minimum atomic E-state index is -1.04. The number of carboxylic acids is 1. The molecule has 0 radical (unpaired) electrons. The van der Waals surface area contributed by atoms with Gasteiger partial charge in [0.1, 0.15) is 0 Å². The van der Waals surface area contributed by atoms with Gasteiger partial charge in [0.15, 0.2) is 0 Å². The fourth-order valence-electron chi connectivity index (χ4n) is 0.966. The molecule has 0 heterocycles. The molecule has 1 fully saturated rings. The lowest BCUT2D eigenvalue weighted by atomic mass is 9.80. The van der Waals surface area contributed by atoms with Crippen molar-refractivity contribution >= 4 is 12.7 Å². The molecule has 1 aliphatic rings. The summed E-state index contributed by atoms with van der Waals surface area (Å²) in [5, 5.41) is 11.7. The molecule has 10 heavy (non-hydrogen) atoms. The van der Waals surface area contributed by atoms with Crippen molar-refractivity contribution in [3.63, 3.8) is 0 Å². The van der Waals surface area contributed by atoms with E-state index in [4.69, 9.17) is 5.11 Å². The molecule has 4 heteroatoms. The number of hydrogen-bond acceptors (Lipinski definition) is 3. The summed E-state index contributed by atoms with van der Waals surface area (Å²) in [6.45, 7) is 3.07. The maximum atomic E-state index is 10.5. The van der Waals surface area contributed by atoms with E-state index in [-0.39, 0.29) is 0 Å². The number of nitrogens with zero attached hydrogens (tertiary/aromatic N) is 1.